The molecule has 0 saturated carbocycles. The maximum absolute atomic E-state index is 14.0. The molecule has 0 N–H and O–H groups in total. The monoisotopic (exact) mass is 538 g/mol. The van der Waals surface area contributed by atoms with E-state index in [9.17, 15) is 18.0 Å². The number of fused-ring (bicyclic) bond motifs is 1. The van der Waals surface area contributed by atoms with E-state index in [-0.39, 0.29) is 16.1 Å². The quantitative estimate of drug-likeness (QED) is 0.274. The minimum absolute atomic E-state index is 0.175. The first-order valence-electron chi connectivity index (χ1n) is 10.6. The van der Waals surface area contributed by atoms with Gasteiger partial charge >= 0.3 is 6.18 Å². The molecule has 11 heteroatoms. The van der Waals surface area contributed by atoms with Gasteiger partial charge in [-0.25, -0.2) is 9.67 Å². The summed E-state index contributed by atoms with van der Waals surface area (Å²) >= 11 is 18.5. The van der Waals surface area contributed by atoms with Crippen LogP contribution in [0.1, 0.15) is 28.9 Å². The molecule has 0 bridgehead atoms. The van der Waals surface area contributed by atoms with Gasteiger partial charge in [-0.15, -0.1) is 5.10 Å². The molecule has 35 heavy (non-hydrogen) atoms. The number of hydrogen-bond donors (Lipinski definition) is 0. The number of nitrogens with zero attached hydrogens (tertiary/aromatic N) is 4. The van der Waals surface area contributed by atoms with E-state index in [4.69, 9.17) is 34.8 Å². The molecule has 1 fully saturated rings. The third-order valence-corrected chi connectivity index (χ3v) is 6.60. The van der Waals surface area contributed by atoms with Crippen molar-refractivity contribution in [2.75, 3.05) is 13.1 Å². The van der Waals surface area contributed by atoms with Crippen LogP contribution < -0.4 is 0 Å². The summed E-state index contributed by atoms with van der Waals surface area (Å²) in [7, 11) is 0. The number of hydrogen-bond acceptors (Lipinski definition) is 3. The number of amides is 1. The van der Waals surface area contributed by atoms with Crippen LogP contribution in [0.5, 0.6) is 0 Å². The zero-order valence-corrected chi connectivity index (χ0v) is 20.2. The molecule has 1 saturated heterocycles. The standard InChI is InChI=1S/C24H16Cl3F3N4O/c25-14-5-3-13(4-6-14)20-16-12-17(23(35)33-9-1-2-10-33)21(24(28,29)30)31-22(16)32-34(20)19-8-7-15(26)11-18(19)27/h3-8,11-12H,1-2,9-10H2. The molecule has 1 amide bonds. The maximum atomic E-state index is 14.0. The van der Waals surface area contributed by atoms with Gasteiger partial charge in [-0.3, -0.25) is 4.79 Å². The average Bonchev–Trinajstić information content (AvgIpc) is 3.46. The van der Waals surface area contributed by atoms with Crippen molar-refractivity contribution in [2.24, 2.45) is 0 Å². The lowest BCUT2D eigenvalue weighted by Gasteiger charge is -2.18. The second-order valence-electron chi connectivity index (χ2n) is 8.12. The molecule has 1 aliphatic heterocycles. The van der Waals surface area contributed by atoms with Gasteiger partial charge in [0.2, 0.25) is 0 Å². The van der Waals surface area contributed by atoms with E-state index in [1.807, 2.05) is 0 Å². The Labute approximate surface area is 213 Å². The number of alkyl halides is 3. The third kappa shape index (κ3) is 4.46. The summed E-state index contributed by atoms with van der Waals surface area (Å²) in [5.74, 6) is -0.705. The summed E-state index contributed by atoms with van der Waals surface area (Å²) in [6.07, 6.45) is -3.36. The number of carbonyl (C=O) groups is 1. The molecular formula is C24H16Cl3F3N4O. The Balaban J connectivity index is 1.83. The highest BCUT2D eigenvalue weighted by Crippen LogP contribution is 2.38. The number of halogens is 6. The van der Waals surface area contributed by atoms with Crippen LogP contribution in [0, 0.1) is 0 Å². The van der Waals surface area contributed by atoms with Crippen LogP contribution in [0.4, 0.5) is 13.2 Å². The molecule has 0 spiro atoms. The van der Waals surface area contributed by atoms with Gasteiger partial charge in [0.15, 0.2) is 11.3 Å². The Morgan fingerprint density at radius 1 is 0.914 bits per heavy atom. The summed E-state index contributed by atoms with van der Waals surface area (Å²) < 4.78 is 43.4. The van der Waals surface area contributed by atoms with E-state index < -0.39 is 23.3 Å². The van der Waals surface area contributed by atoms with E-state index in [1.54, 1.807) is 36.4 Å². The highest BCUT2D eigenvalue weighted by molar-refractivity contribution is 6.35. The van der Waals surface area contributed by atoms with Crippen LogP contribution in [0.15, 0.2) is 48.5 Å². The second kappa shape index (κ2) is 9.00. The van der Waals surface area contributed by atoms with Crippen LogP contribution in [0.2, 0.25) is 15.1 Å². The second-order valence-corrected chi connectivity index (χ2v) is 9.40. The van der Waals surface area contributed by atoms with Crippen molar-refractivity contribution >= 4 is 51.7 Å². The Morgan fingerprint density at radius 2 is 1.57 bits per heavy atom. The minimum Gasteiger partial charge on any atom is -0.339 e. The predicted molar refractivity (Wildman–Crippen MR) is 129 cm³/mol. The Bertz CT molecular complexity index is 1450. The van der Waals surface area contributed by atoms with Crippen molar-refractivity contribution < 1.29 is 18.0 Å². The van der Waals surface area contributed by atoms with Crippen LogP contribution in [-0.2, 0) is 6.18 Å². The van der Waals surface area contributed by atoms with Crippen molar-refractivity contribution in [3.8, 4) is 16.9 Å². The number of likely N-dealkylation sites (tertiary alicyclic amines) is 1. The molecule has 2 aromatic carbocycles. The van der Waals surface area contributed by atoms with Gasteiger partial charge in [0.25, 0.3) is 5.91 Å². The van der Waals surface area contributed by atoms with Gasteiger partial charge in [0.05, 0.1) is 22.0 Å². The smallest absolute Gasteiger partial charge is 0.339 e. The van der Waals surface area contributed by atoms with Gasteiger partial charge < -0.3 is 4.90 Å². The van der Waals surface area contributed by atoms with Crippen molar-refractivity contribution in [2.45, 2.75) is 19.0 Å². The maximum Gasteiger partial charge on any atom is 0.434 e. The number of benzene rings is 2. The zero-order chi connectivity index (χ0) is 24.9. The van der Waals surface area contributed by atoms with Crippen LogP contribution in [0.25, 0.3) is 28.0 Å². The summed E-state index contributed by atoms with van der Waals surface area (Å²) in [4.78, 5) is 18.4. The number of pyridine rings is 1. The van der Waals surface area contributed by atoms with Crippen molar-refractivity contribution in [1.29, 1.82) is 0 Å². The fourth-order valence-electron chi connectivity index (χ4n) is 4.20. The number of carbonyl (C=O) groups excluding carboxylic acids is 1. The van der Waals surface area contributed by atoms with Crippen LogP contribution in [0.3, 0.4) is 0 Å². The fourth-order valence-corrected chi connectivity index (χ4v) is 4.81. The number of rotatable bonds is 3. The summed E-state index contributed by atoms with van der Waals surface area (Å²) in [5.41, 5.74) is -0.548. The van der Waals surface area contributed by atoms with E-state index in [0.717, 1.165) is 12.8 Å². The molecule has 1 aliphatic rings. The van der Waals surface area contributed by atoms with Gasteiger partial charge in [0.1, 0.15) is 0 Å². The molecule has 180 valence electrons. The molecule has 0 atom stereocenters. The van der Waals surface area contributed by atoms with E-state index >= 15 is 0 Å². The largest absolute Gasteiger partial charge is 0.434 e. The molecule has 0 aliphatic carbocycles. The minimum atomic E-state index is -4.85. The molecule has 3 heterocycles. The predicted octanol–water partition coefficient (Wildman–Crippen LogP) is 7.30. The third-order valence-electron chi connectivity index (χ3n) is 5.81. The highest BCUT2D eigenvalue weighted by atomic mass is 35.5. The fraction of sp³-hybridized carbons (Fsp3) is 0.208. The van der Waals surface area contributed by atoms with Crippen LogP contribution in [-0.4, -0.2) is 38.7 Å². The Morgan fingerprint density at radius 3 is 2.20 bits per heavy atom. The lowest BCUT2D eigenvalue weighted by Crippen LogP contribution is -2.30. The van der Waals surface area contributed by atoms with Crippen molar-refractivity contribution in [3.05, 3.63) is 74.9 Å². The summed E-state index contributed by atoms with van der Waals surface area (Å²) in [6.45, 7) is 0.801. The van der Waals surface area contributed by atoms with Crippen molar-refractivity contribution in [1.82, 2.24) is 19.7 Å². The van der Waals surface area contributed by atoms with E-state index in [1.165, 1.54) is 21.7 Å². The normalized spacial score (nSPS) is 14.2. The Kier molecular flexibility index (Phi) is 6.15. The topological polar surface area (TPSA) is 51.0 Å². The molecule has 4 aromatic rings. The van der Waals surface area contributed by atoms with E-state index in [0.29, 0.717) is 40.1 Å². The number of aromatic nitrogens is 3. The van der Waals surface area contributed by atoms with Gasteiger partial charge in [-0.1, -0.05) is 46.9 Å². The molecule has 0 unspecified atom stereocenters. The first kappa shape index (κ1) is 23.9. The van der Waals surface area contributed by atoms with Crippen molar-refractivity contribution in [3.63, 3.8) is 0 Å². The molecule has 0 radical (unpaired) electrons. The van der Waals surface area contributed by atoms with Gasteiger partial charge in [-0.05, 0) is 49.2 Å². The summed E-state index contributed by atoms with van der Waals surface area (Å²) in [5, 5.41) is 5.75. The lowest BCUT2D eigenvalue weighted by molar-refractivity contribution is -0.141. The van der Waals surface area contributed by atoms with Crippen LogP contribution >= 0.6 is 34.8 Å². The first-order chi connectivity index (χ1) is 16.6. The highest BCUT2D eigenvalue weighted by Gasteiger charge is 2.40. The SMILES string of the molecule is O=C(c1cc2c(-c3ccc(Cl)cc3)n(-c3ccc(Cl)cc3Cl)nc2nc1C(F)(F)F)N1CCCC1. The van der Waals surface area contributed by atoms with Gasteiger partial charge in [-0.2, -0.15) is 13.2 Å². The summed E-state index contributed by atoms with van der Waals surface area (Å²) in [6, 6.07) is 12.6. The first-order valence-corrected chi connectivity index (χ1v) is 11.8. The molecule has 2 aromatic heterocycles. The zero-order valence-electron chi connectivity index (χ0n) is 17.9. The average molecular weight is 540 g/mol. The lowest BCUT2D eigenvalue weighted by atomic mass is 10.0. The molecule has 5 rings (SSSR count). The molecule has 5 nitrogen and oxygen atoms in total. The molecular weight excluding hydrogens is 524 g/mol. The van der Waals surface area contributed by atoms with Gasteiger partial charge in [0, 0.05) is 34.1 Å². The van der Waals surface area contributed by atoms with E-state index in [2.05, 4.69) is 10.1 Å². The Hall–Kier alpha value is -2.81.